The number of carbonyl (C=O) groups excluding carboxylic acids is 1. The first-order valence-corrected chi connectivity index (χ1v) is 3.73. The molecule has 0 aliphatic carbocycles. The quantitative estimate of drug-likeness (QED) is 0.637. The predicted molar refractivity (Wildman–Crippen MR) is 40.4 cm³/mol. The van der Waals surface area contributed by atoms with Gasteiger partial charge in [0, 0.05) is 4.53 Å². The summed E-state index contributed by atoms with van der Waals surface area (Å²) in [6.07, 6.45) is 0.635. The Hall–Kier alpha value is -0.600. The van der Waals surface area contributed by atoms with Gasteiger partial charge in [-0.15, -0.1) is 0 Å². The van der Waals surface area contributed by atoms with Crippen molar-refractivity contribution < 1.29 is 14.3 Å². The molecular formula is C8H15FO2. The van der Waals surface area contributed by atoms with Crippen LogP contribution in [0.5, 0.6) is 0 Å². The van der Waals surface area contributed by atoms with E-state index in [1.807, 2.05) is 13.8 Å². The minimum atomic E-state index is -0.786. The highest BCUT2D eigenvalue weighted by Crippen LogP contribution is 2.26. The molecule has 0 aromatic carbocycles. The molecule has 0 aliphatic rings. The summed E-state index contributed by atoms with van der Waals surface area (Å²) in [4.78, 5) is 13.9. The third kappa shape index (κ3) is 3.35. The maximum atomic E-state index is 11.5. The van der Waals surface area contributed by atoms with Gasteiger partial charge in [-0.25, -0.2) is 4.79 Å². The number of hydrogen-bond donors (Lipinski definition) is 0. The van der Waals surface area contributed by atoms with Crippen LogP contribution in [-0.2, 0) is 9.74 Å². The summed E-state index contributed by atoms with van der Waals surface area (Å²) in [5.74, 6) is -0.421. The smallest absolute Gasteiger partial charge is 0.254 e. The highest BCUT2D eigenvalue weighted by atomic mass is 19.3. The van der Waals surface area contributed by atoms with Gasteiger partial charge in [-0.3, -0.25) is 4.94 Å². The molecule has 0 spiro atoms. The largest absolute Gasteiger partial charge is 0.354 e. The number of rotatable bonds is 3. The van der Waals surface area contributed by atoms with Crippen LogP contribution in [0, 0.1) is 11.3 Å². The van der Waals surface area contributed by atoms with Gasteiger partial charge in [0.15, 0.2) is 0 Å². The lowest BCUT2D eigenvalue weighted by molar-refractivity contribution is -0.195. The Morgan fingerprint density at radius 1 is 1.55 bits per heavy atom. The fraction of sp³-hybridized carbons (Fsp3) is 0.875. The van der Waals surface area contributed by atoms with E-state index in [0.29, 0.717) is 12.3 Å². The highest BCUT2D eigenvalue weighted by molar-refractivity contribution is 5.75. The Labute approximate surface area is 66.6 Å². The van der Waals surface area contributed by atoms with Crippen molar-refractivity contribution in [3.8, 4) is 0 Å². The standard InChI is InChI=1S/C8H15FO2/c1-6(2)5-8(3,4)7(10)11-9/h6H,5H2,1-4H3. The van der Waals surface area contributed by atoms with Gasteiger partial charge in [-0.2, -0.15) is 0 Å². The molecule has 2 nitrogen and oxygen atoms in total. The Bertz CT molecular complexity index is 141. The summed E-state index contributed by atoms with van der Waals surface area (Å²) in [5, 5.41) is 0. The predicted octanol–water partition coefficient (Wildman–Crippen LogP) is 2.49. The average molecular weight is 162 g/mol. The minimum absolute atomic E-state index is 0.365. The lowest BCUT2D eigenvalue weighted by Crippen LogP contribution is -2.26. The molecule has 0 saturated heterocycles. The van der Waals surface area contributed by atoms with Crippen molar-refractivity contribution in [2.75, 3.05) is 0 Å². The first kappa shape index (κ1) is 10.4. The van der Waals surface area contributed by atoms with Gasteiger partial charge in [0.1, 0.15) is 0 Å². The summed E-state index contributed by atoms with van der Waals surface area (Å²) >= 11 is 0. The zero-order valence-corrected chi connectivity index (χ0v) is 7.48. The Balaban J connectivity index is 4.09. The fourth-order valence-corrected chi connectivity index (χ4v) is 1.21. The van der Waals surface area contributed by atoms with Crippen molar-refractivity contribution in [1.29, 1.82) is 0 Å². The number of carbonyl (C=O) groups is 1. The average Bonchev–Trinajstić information content (AvgIpc) is 1.83. The number of hydrogen-bond acceptors (Lipinski definition) is 2. The summed E-state index contributed by atoms with van der Waals surface area (Å²) in [7, 11) is 0. The number of halogens is 1. The molecule has 0 saturated carbocycles. The molecular weight excluding hydrogens is 147 g/mol. The van der Waals surface area contributed by atoms with E-state index >= 15 is 0 Å². The molecule has 11 heavy (non-hydrogen) atoms. The van der Waals surface area contributed by atoms with E-state index in [9.17, 15) is 9.32 Å². The van der Waals surface area contributed by atoms with E-state index in [0.717, 1.165) is 0 Å². The van der Waals surface area contributed by atoms with Crippen molar-refractivity contribution >= 4 is 5.97 Å². The summed E-state index contributed by atoms with van der Waals surface area (Å²) < 4.78 is 11.5. The van der Waals surface area contributed by atoms with E-state index < -0.39 is 11.4 Å². The van der Waals surface area contributed by atoms with Crippen molar-refractivity contribution in [1.82, 2.24) is 0 Å². The zero-order valence-electron chi connectivity index (χ0n) is 7.48. The van der Waals surface area contributed by atoms with E-state index in [-0.39, 0.29) is 0 Å². The third-order valence-electron chi connectivity index (χ3n) is 1.54. The first-order chi connectivity index (χ1) is 4.90. The van der Waals surface area contributed by atoms with Crippen LogP contribution >= 0.6 is 0 Å². The van der Waals surface area contributed by atoms with Crippen molar-refractivity contribution in [3.63, 3.8) is 0 Å². The van der Waals surface area contributed by atoms with E-state index in [1.54, 1.807) is 13.8 Å². The molecule has 0 radical (unpaired) electrons. The van der Waals surface area contributed by atoms with Crippen LogP contribution in [0.3, 0.4) is 0 Å². The van der Waals surface area contributed by atoms with Crippen LogP contribution in [-0.4, -0.2) is 5.97 Å². The molecule has 0 unspecified atom stereocenters. The first-order valence-electron chi connectivity index (χ1n) is 3.73. The van der Waals surface area contributed by atoms with Gasteiger partial charge < -0.3 is 0 Å². The monoisotopic (exact) mass is 162 g/mol. The molecule has 0 aliphatic heterocycles. The summed E-state index contributed by atoms with van der Waals surface area (Å²) in [6.45, 7) is 7.31. The summed E-state index contributed by atoms with van der Waals surface area (Å²) in [5.41, 5.74) is -0.705. The molecule has 0 bridgehead atoms. The lowest BCUT2D eigenvalue weighted by atomic mass is 9.84. The fourth-order valence-electron chi connectivity index (χ4n) is 1.21. The van der Waals surface area contributed by atoms with E-state index in [2.05, 4.69) is 4.94 Å². The van der Waals surface area contributed by atoms with Crippen molar-refractivity contribution in [2.24, 2.45) is 11.3 Å². The Morgan fingerprint density at radius 2 is 2.00 bits per heavy atom. The van der Waals surface area contributed by atoms with E-state index in [1.165, 1.54) is 0 Å². The molecule has 0 atom stereocenters. The van der Waals surface area contributed by atoms with Crippen LogP contribution in [0.4, 0.5) is 4.53 Å². The van der Waals surface area contributed by atoms with Crippen LogP contribution in [0.1, 0.15) is 34.1 Å². The molecule has 0 N–H and O–H groups in total. The maximum absolute atomic E-state index is 11.5. The Morgan fingerprint density at radius 3 is 2.27 bits per heavy atom. The van der Waals surface area contributed by atoms with Gasteiger partial charge in [0.05, 0.1) is 5.41 Å². The summed E-state index contributed by atoms with van der Waals surface area (Å²) in [6, 6.07) is 0. The van der Waals surface area contributed by atoms with Crippen LogP contribution in [0.2, 0.25) is 0 Å². The molecule has 0 aromatic heterocycles. The second kappa shape index (κ2) is 3.69. The molecule has 66 valence electrons. The maximum Gasteiger partial charge on any atom is 0.354 e. The van der Waals surface area contributed by atoms with Gasteiger partial charge in [-0.05, 0) is 26.2 Å². The van der Waals surface area contributed by atoms with E-state index in [4.69, 9.17) is 0 Å². The van der Waals surface area contributed by atoms with Crippen molar-refractivity contribution in [3.05, 3.63) is 0 Å². The minimum Gasteiger partial charge on any atom is -0.254 e. The molecule has 0 fully saturated rings. The van der Waals surface area contributed by atoms with Crippen LogP contribution in [0.25, 0.3) is 0 Å². The van der Waals surface area contributed by atoms with Crippen LogP contribution in [0.15, 0.2) is 0 Å². The van der Waals surface area contributed by atoms with Gasteiger partial charge in [0.25, 0.3) is 0 Å². The van der Waals surface area contributed by atoms with Gasteiger partial charge in [-0.1, -0.05) is 13.8 Å². The van der Waals surface area contributed by atoms with Crippen LogP contribution < -0.4 is 0 Å². The van der Waals surface area contributed by atoms with Crippen molar-refractivity contribution in [2.45, 2.75) is 34.1 Å². The Kier molecular flexibility index (Phi) is 3.49. The highest BCUT2D eigenvalue weighted by Gasteiger charge is 2.30. The zero-order chi connectivity index (χ0) is 9.07. The van der Waals surface area contributed by atoms with Gasteiger partial charge in [0.2, 0.25) is 0 Å². The second-order valence-electron chi connectivity index (χ2n) is 3.85. The molecule has 3 heteroatoms. The third-order valence-corrected chi connectivity index (χ3v) is 1.54. The molecule has 0 heterocycles. The SMILES string of the molecule is CC(C)CC(C)(C)C(=O)OF. The topological polar surface area (TPSA) is 26.3 Å². The lowest BCUT2D eigenvalue weighted by Gasteiger charge is -2.21. The molecule has 0 aromatic rings. The normalized spacial score (nSPS) is 11.8. The van der Waals surface area contributed by atoms with Gasteiger partial charge >= 0.3 is 5.97 Å². The second-order valence-corrected chi connectivity index (χ2v) is 3.85. The molecule has 0 rings (SSSR count). The molecule has 0 amide bonds.